The zero-order chi connectivity index (χ0) is 32.5. The van der Waals surface area contributed by atoms with E-state index in [1.54, 1.807) is 36.4 Å². The Bertz CT molecular complexity index is 1970. The first-order valence-corrected chi connectivity index (χ1v) is 13.7. The summed E-state index contributed by atoms with van der Waals surface area (Å²) in [7, 11) is 0. The molecule has 46 heavy (non-hydrogen) atoms. The van der Waals surface area contributed by atoms with Gasteiger partial charge in [0.2, 0.25) is 0 Å². The standard InChI is InChI=1S/C36H20N2O8/c1-3-21-7-5-9-25(17-21)37-31(39)27-13-11-23(19-29(27)33(37)41)35(43)45-15-16-46-36(44)24-12-14-28-30(20-24)34(42)38(32(28)40)26-10-6-8-22(4-2)18-26/h1-2,5-14,17-20H,15-16H2. The molecule has 222 valence electrons. The van der Waals surface area contributed by atoms with Crippen LogP contribution in [0.1, 0.15) is 73.3 Å². The van der Waals surface area contributed by atoms with Crippen molar-refractivity contribution in [3.8, 4) is 24.7 Å². The number of esters is 2. The van der Waals surface area contributed by atoms with Gasteiger partial charge in [0.05, 0.1) is 44.8 Å². The van der Waals surface area contributed by atoms with Gasteiger partial charge in [0, 0.05) is 11.1 Å². The summed E-state index contributed by atoms with van der Waals surface area (Å²) in [6, 6.07) is 20.8. The summed E-state index contributed by atoms with van der Waals surface area (Å²) in [6.45, 7) is -0.637. The Labute approximate surface area is 262 Å². The van der Waals surface area contributed by atoms with Crippen molar-refractivity contribution in [1.29, 1.82) is 0 Å². The van der Waals surface area contributed by atoms with Crippen LogP contribution in [-0.2, 0) is 9.47 Å². The molecule has 0 fully saturated rings. The van der Waals surface area contributed by atoms with E-state index in [-0.39, 0.29) is 46.6 Å². The lowest BCUT2D eigenvalue weighted by Gasteiger charge is -2.13. The van der Waals surface area contributed by atoms with Gasteiger partial charge in [-0.15, -0.1) is 12.8 Å². The van der Waals surface area contributed by atoms with Gasteiger partial charge in [0.15, 0.2) is 0 Å². The van der Waals surface area contributed by atoms with Crippen LogP contribution in [0.5, 0.6) is 0 Å². The quantitative estimate of drug-likeness (QED) is 0.132. The molecule has 10 nitrogen and oxygen atoms in total. The first kappa shape index (κ1) is 29.3. The fourth-order valence-corrected chi connectivity index (χ4v) is 5.11. The second-order valence-corrected chi connectivity index (χ2v) is 10.1. The van der Waals surface area contributed by atoms with Crippen molar-refractivity contribution in [1.82, 2.24) is 0 Å². The van der Waals surface area contributed by atoms with Gasteiger partial charge < -0.3 is 9.47 Å². The minimum absolute atomic E-state index is 0.0181. The zero-order valence-corrected chi connectivity index (χ0v) is 23.8. The molecule has 0 aromatic heterocycles. The second-order valence-electron chi connectivity index (χ2n) is 10.1. The molecule has 4 amide bonds. The molecule has 0 atom stereocenters. The van der Waals surface area contributed by atoms with Crippen LogP contribution in [0.3, 0.4) is 0 Å². The fraction of sp³-hybridized carbons (Fsp3) is 0.0556. The van der Waals surface area contributed by atoms with Crippen LogP contribution in [-0.4, -0.2) is 48.8 Å². The van der Waals surface area contributed by atoms with Gasteiger partial charge in [-0.3, -0.25) is 19.2 Å². The molecular weight excluding hydrogens is 588 g/mol. The van der Waals surface area contributed by atoms with Gasteiger partial charge in [0.1, 0.15) is 13.2 Å². The molecule has 0 unspecified atom stereocenters. The molecule has 0 N–H and O–H groups in total. The topological polar surface area (TPSA) is 127 Å². The van der Waals surface area contributed by atoms with Crippen molar-refractivity contribution in [3.05, 3.63) is 129 Å². The monoisotopic (exact) mass is 608 g/mol. The van der Waals surface area contributed by atoms with Gasteiger partial charge in [-0.05, 0) is 72.8 Å². The smallest absolute Gasteiger partial charge is 0.338 e. The van der Waals surface area contributed by atoms with E-state index >= 15 is 0 Å². The maximum atomic E-state index is 13.1. The van der Waals surface area contributed by atoms with Gasteiger partial charge in [-0.1, -0.05) is 24.0 Å². The van der Waals surface area contributed by atoms with Crippen molar-refractivity contribution >= 4 is 46.9 Å². The predicted molar refractivity (Wildman–Crippen MR) is 164 cm³/mol. The Morgan fingerprint density at radius 3 is 1.33 bits per heavy atom. The summed E-state index contributed by atoms with van der Waals surface area (Å²) >= 11 is 0. The third kappa shape index (κ3) is 5.06. The molecule has 0 spiro atoms. The maximum Gasteiger partial charge on any atom is 0.338 e. The van der Waals surface area contributed by atoms with E-state index in [4.69, 9.17) is 22.3 Å². The minimum atomic E-state index is -0.803. The number of anilines is 2. The van der Waals surface area contributed by atoms with E-state index in [1.165, 1.54) is 48.5 Å². The number of imide groups is 2. The van der Waals surface area contributed by atoms with Crippen molar-refractivity contribution in [2.24, 2.45) is 0 Å². The number of benzene rings is 4. The summed E-state index contributed by atoms with van der Waals surface area (Å²) in [5.41, 5.74) is 1.95. The summed E-state index contributed by atoms with van der Waals surface area (Å²) in [6.07, 6.45) is 10.9. The molecule has 2 heterocycles. The van der Waals surface area contributed by atoms with Gasteiger partial charge in [-0.2, -0.15) is 0 Å². The highest BCUT2D eigenvalue weighted by Crippen LogP contribution is 2.31. The summed E-state index contributed by atoms with van der Waals surface area (Å²) in [5.74, 6) is 0.973. The van der Waals surface area contributed by atoms with E-state index in [0.717, 1.165) is 9.80 Å². The Morgan fingerprint density at radius 2 is 0.935 bits per heavy atom. The third-order valence-electron chi connectivity index (χ3n) is 7.34. The lowest BCUT2D eigenvalue weighted by Crippen LogP contribution is -2.29. The van der Waals surface area contributed by atoms with Gasteiger partial charge >= 0.3 is 11.9 Å². The van der Waals surface area contributed by atoms with Crippen LogP contribution in [0.2, 0.25) is 0 Å². The van der Waals surface area contributed by atoms with Crippen LogP contribution < -0.4 is 9.80 Å². The summed E-state index contributed by atoms with van der Waals surface area (Å²) < 4.78 is 10.4. The number of carbonyl (C=O) groups is 6. The zero-order valence-electron chi connectivity index (χ0n) is 23.8. The average molecular weight is 609 g/mol. The second kappa shape index (κ2) is 11.7. The number of fused-ring (bicyclic) bond motifs is 2. The highest BCUT2D eigenvalue weighted by atomic mass is 16.6. The third-order valence-corrected chi connectivity index (χ3v) is 7.34. The van der Waals surface area contributed by atoms with E-state index in [1.807, 2.05) is 0 Å². The van der Waals surface area contributed by atoms with Crippen LogP contribution >= 0.6 is 0 Å². The Balaban J connectivity index is 1.07. The molecule has 6 rings (SSSR count). The maximum absolute atomic E-state index is 13.1. The minimum Gasteiger partial charge on any atom is -0.458 e. The molecular formula is C36H20N2O8. The highest BCUT2D eigenvalue weighted by molar-refractivity contribution is 6.35. The van der Waals surface area contributed by atoms with Crippen LogP contribution in [0.4, 0.5) is 11.4 Å². The molecule has 0 saturated heterocycles. The van der Waals surface area contributed by atoms with E-state index < -0.39 is 35.6 Å². The summed E-state index contributed by atoms with van der Waals surface area (Å²) in [5, 5.41) is 0. The fourth-order valence-electron chi connectivity index (χ4n) is 5.11. The largest absolute Gasteiger partial charge is 0.458 e. The van der Waals surface area contributed by atoms with E-state index in [2.05, 4.69) is 11.8 Å². The van der Waals surface area contributed by atoms with E-state index in [9.17, 15) is 28.8 Å². The number of ether oxygens (including phenoxy) is 2. The molecule has 4 aromatic rings. The number of hydrogen-bond donors (Lipinski definition) is 0. The molecule has 0 saturated carbocycles. The van der Waals surface area contributed by atoms with Crippen LogP contribution in [0.15, 0.2) is 84.9 Å². The van der Waals surface area contributed by atoms with Crippen LogP contribution in [0.25, 0.3) is 0 Å². The molecule has 10 heteroatoms. The molecule has 2 aliphatic rings. The van der Waals surface area contributed by atoms with Crippen molar-refractivity contribution in [2.75, 3.05) is 23.0 Å². The molecule has 0 aliphatic carbocycles. The van der Waals surface area contributed by atoms with Crippen molar-refractivity contribution in [2.45, 2.75) is 0 Å². The molecule has 2 aliphatic heterocycles. The summed E-state index contributed by atoms with van der Waals surface area (Å²) in [4.78, 5) is 79.3. The Kier molecular flexibility index (Phi) is 7.46. The number of carbonyl (C=O) groups excluding carboxylic acids is 6. The van der Waals surface area contributed by atoms with Gasteiger partial charge in [0.25, 0.3) is 23.6 Å². The Morgan fingerprint density at radius 1 is 0.543 bits per heavy atom. The lowest BCUT2D eigenvalue weighted by molar-refractivity contribution is 0.0265. The number of nitrogens with zero attached hydrogens (tertiary/aromatic N) is 2. The molecule has 4 aromatic carbocycles. The first-order chi connectivity index (χ1) is 22.2. The Hall–Kier alpha value is -6.78. The van der Waals surface area contributed by atoms with Crippen molar-refractivity contribution < 1.29 is 38.2 Å². The van der Waals surface area contributed by atoms with E-state index in [0.29, 0.717) is 22.5 Å². The van der Waals surface area contributed by atoms with Crippen LogP contribution in [0, 0.1) is 24.7 Å². The highest BCUT2D eigenvalue weighted by Gasteiger charge is 2.38. The number of rotatable bonds is 7. The normalized spacial score (nSPS) is 13.2. The van der Waals surface area contributed by atoms with Crippen molar-refractivity contribution in [3.63, 3.8) is 0 Å². The number of hydrogen-bond acceptors (Lipinski definition) is 8. The first-order valence-electron chi connectivity index (χ1n) is 13.7. The van der Waals surface area contributed by atoms with Gasteiger partial charge in [-0.25, -0.2) is 19.4 Å². The predicted octanol–water partition coefficient (Wildman–Crippen LogP) is 4.26. The molecule has 0 bridgehead atoms. The number of amides is 4. The number of terminal acetylenes is 2. The SMILES string of the molecule is C#Cc1cccc(N2C(=O)c3ccc(C(=O)OCCOC(=O)c4ccc5c(c4)C(=O)N(c4cccc(C#C)c4)C5=O)cc3C2=O)c1. The average Bonchev–Trinajstić information content (AvgIpc) is 3.49. The molecule has 0 radical (unpaired) electrons. The lowest BCUT2D eigenvalue weighted by atomic mass is 10.1.